The van der Waals surface area contributed by atoms with Crippen molar-refractivity contribution in [2.24, 2.45) is 10.1 Å². The molecule has 0 aliphatic carbocycles. The van der Waals surface area contributed by atoms with Gasteiger partial charge in [-0.05, 0) is 44.9 Å². The second-order valence-corrected chi connectivity index (χ2v) is 9.87. The SMILES string of the molecule is CC(C)(C)OC(=O)N1CCN2C(NCCc3ccc(S(N)(=O)=O)cc3)=NCC2C1.I. The molecule has 2 heterocycles. The van der Waals surface area contributed by atoms with Crippen LogP contribution in [0.4, 0.5) is 4.79 Å². The van der Waals surface area contributed by atoms with Gasteiger partial charge in [0.05, 0.1) is 17.5 Å². The highest BCUT2D eigenvalue weighted by atomic mass is 127. The summed E-state index contributed by atoms with van der Waals surface area (Å²) in [5, 5.41) is 8.47. The molecule has 0 bridgehead atoms. The number of hydrogen-bond donors (Lipinski definition) is 2. The van der Waals surface area contributed by atoms with Crippen LogP contribution >= 0.6 is 24.0 Å². The number of carbonyl (C=O) groups excluding carboxylic acids is 1. The number of rotatable bonds is 4. The summed E-state index contributed by atoms with van der Waals surface area (Å²) in [6.07, 6.45) is 0.452. The first-order valence-electron chi connectivity index (χ1n) is 9.67. The zero-order valence-corrected chi connectivity index (χ0v) is 20.6. The fourth-order valence-corrected chi connectivity index (χ4v) is 3.90. The van der Waals surface area contributed by atoms with Gasteiger partial charge in [-0.15, -0.1) is 24.0 Å². The average Bonchev–Trinajstić information content (AvgIpc) is 3.02. The smallest absolute Gasteiger partial charge is 0.410 e. The van der Waals surface area contributed by atoms with E-state index in [1.807, 2.05) is 20.8 Å². The molecular formula is C19H30IN5O4S. The van der Waals surface area contributed by atoms with Gasteiger partial charge in [0, 0.05) is 26.2 Å². The zero-order chi connectivity index (χ0) is 21.2. The van der Waals surface area contributed by atoms with Crippen LogP contribution in [0.1, 0.15) is 26.3 Å². The summed E-state index contributed by atoms with van der Waals surface area (Å²) in [7, 11) is -3.67. The van der Waals surface area contributed by atoms with Crippen molar-refractivity contribution in [2.45, 2.75) is 43.7 Å². The summed E-state index contributed by atoms with van der Waals surface area (Å²) in [6, 6.07) is 6.72. The Kier molecular flexibility index (Phi) is 7.97. The van der Waals surface area contributed by atoms with E-state index in [4.69, 9.17) is 9.88 Å². The third-order valence-electron chi connectivity index (χ3n) is 4.81. The number of nitrogens with two attached hydrogens (primary N) is 1. The van der Waals surface area contributed by atoms with Crippen LogP contribution in [0, 0.1) is 0 Å². The molecule has 1 atom stereocenters. The van der Waals surface area contributed by atoms with Crippen LogP contribution in [0.25, 0.3) is 0 Å². The van der Waals surface area contributed by atoms with Gasteiger partial charge in [0.2, 0.25) is 10.0 Å². The number of nitrogens with zero attached hydrogens (tertiary/aromatic N) is 3. The molecule has 168 valence electrons. The van der Waals surface area contributed by atoms with E-state index in [1.54, 1.807) is 17.0 Å². The Balaban J connectivity index is 0.00000320. The third-order valence-corrected chi connectivity index (χ3v) is 5.74. The molecule has 1 saturated heterocycles. The maximum atomic E-state index is 12.3. The molecular weight excluding hydrogens is 521 g/mol. The molecule has 2 aliphatic rings. The van der Waals surface area contributed by atoms with Crippen molar-refractivity contribution >= 4 is 46.1 Å². The number of nitrogens with one attached hydrogen (secondary N) is 1. The molecule has 0 spiro atoms. The van der Waals surface area contributed by atoms with Crippen LogP contribution in [0.2, 0.25) is 0 Å². The molecule has 1 unspecified atom stereocenters. The first kappa shape index (κ1) is 24.7. The van der Waals surface area contributed by atoms with Crippen molar-refractivity contribution in [1.29, 1.82) is 0 Å². The quantitative estimate of drug-likeness (QED) is 0.547. The molecule has 30 heavy (non-hydrogen) atoms. The lowest BCUT2D eigenvalue weighted by Crippen LogP contribution is -2.57. The van der Waals surface area contributed by atoms with Gasteiger partial charge in [-0.2, -0.15) is 0 Å². The molecule has 0 saturated carbocycles. The van der Waals surface area contributed by atoms with Crippen LogP contribution in [0.3, 0.4) is 0 Å². The number of halogens is 1. The second kappa shape index (κ2) is 9.69. The van der Waals surface area contributed by atoms with E-state index in [0.29, 0.717) is 32.7 Å². The van der Waals surface area contributed by atoms with Crippen molar-refractivity contribution in [3.8, 4) is 0 Å². The van der Waals surface area contributed by atoms with Gasteiger partial charge in [0.1, 0.15) is 5.60 Å². The van der Waals surface area contributed by atoms with Gasteiger partial charge in [0.15, 0.2) is 5.96 Å². The van der Waals surface area contributed by atoms with Crippen LogP contribution in [-0.4, -0.2) is 74.6 Å². The minimum Gasteiger partial charge on any atom is -0.444 e. The second-order valence-electron chi connectivity index (χ2n) is 8.30. The Morgan fingerprint density at radius 1 is 1.27 bits per heavy atom. The highest BCUT2D eigenvalue weighted by Crippen LogP contribution is 2.18. The topological polar surface area (TPSA) is 117 Å². The lowest BCUT2D eigenvalue weighted by atomic mass is 10.1. The third kappa shape index (κ3) is 6.45. The Morgan fingerprint density at radius 2 is 1.93 bits per heavy atom. The number of sulfonamides is 1. The van der Waals surface area contributed by atoms with E-state index in [1.165, 1.54) is 12.1 Å². The molecule has 3 N–H and O–H groups in total. The highest BCUT2D eigenvalue weighted by Gasteiger charge is 2.36. The summed E-state index contributed by atoms with van der Waals surface area (Å²) in [6.45, 7) is 8.81. The Bertz CT molecular complexity index is 883. The van der Waals surface area contributed by atoms with Gasteiger partial charge >= 0.3 is 6.09 Å². The van der Waals surface area contributed by atoms with Gasteiger partial charge in [-0.1, -0.05) is 12.1 Å². The Hall–Kier alpha value is -1.60. The Morgan fingerprint density at radius 3 is 2.53 bits per heavy atom. The van der Waals surface area contributed by atoms with E-state index in [-0.39, 0.29) is 41.0 Å². The van der Waals surface area contributed by atoms with E-state index in [2.05, 4.69) is 15.2 Å². The van der Waals surface area contributed by atoms with Crippen molar-refractivity contribution in [3.05, 3.63) is 29.8 Å². The molecule has 11 heteroatoms. The lowest BCUT2D eigenvalue weighted by molar-refractivity contribution is 0.0137. The summed E-state index contributed by atoms with van der Waals surface area (Å²) in [5.74, 6) is 0.847. The number of piperazine rings is 1. The number of carbonyl (C=O) groups is 1. The normalized spacial score (nSPS) is 18.9. The van der Waals surface area contributed by atoms with E-state index in [0.717, 1.165) is 17.9 Å². The maximum absolute atomic E-state index is 12.3. The minimum absolute atomic E-state index is 0. The van der Waals surface area contributed by atoms with Crippen LogP contribution in [-0.2, 0) is 21.2 Å². The first-order valence-corrected chi connectivity index (χ1v) is 11.2. The highest BCUT2D eigenvalue weighted by molar-refractivity contribution is 14.0. The molecule has 2 aliphatic heterocycles. The molecule has 0 aromatic heterocycles. The molecule has 1 aromatic rings. The number of guanidine groups is 1. The maximum Gasteiger partial charge on any atom is 0.410 e. The van der Waals surface area contributed by atoms with Gasteiger partial charge in [-0.3, -0.25) is 4.99 Å². The Labute approximate surface area is 195 Å². The minimum atomic E-state index is -3.67. The van der Waals surface area contributed by atoms with E-state index in [9.17, 15) is 13.2 Å². The van der Waals surface area contributed by atoms with Crippen LogP contribution in [0.5, 0.6) is 0 Å². The largest absolute Gasteiger partial charge is 0.444 e. The summed E-state index contributed by atoms with van der Waals surface area (Å²) < 4.78 is 28.1. The molecule has 0 radical (unpaired) electrons. The zero-order valence-electron chi connectivity index (χ0n) is 17.5. The van der Waals surface area contributed by atoms with Crippen molar-refractivity contribution < 1.29 is 17.9 Å². The van der Waals surface area contributed by atoms with Gasteiger partial charge in [0.25, 0.3) is 0 Å². The number of fused-ring (bicyclic) bond motifs is 1. The lowest BCUT2D eigenvalue weighted by Gasteiger charge is -2.39. The number of amides is 1. The van der Waals surface area contributed by atoms with Crippen molar-refractivity contribution in [3.63, 3.8) is 0 Å². The fourth-order valence-electron chi connectivity index (χ4n) is 3.39. The van der Waals surface area contributed by atoms with E-state index < -0.39 is 15.6 Å². The predicted octanol–water partition coefficient (Wildman–Crippen LogP) is 1.38. The van der Waals surface area contributed by atoms with Crippen LogP contribution < -0.4 is 10.5 Å². The van der Waals surface area contributed by atoms with Gasteiger partial charge in [-0.25, -0.2) is 18.4 Å². The molecule has 1 amide bonds. The molecule has 1 aromatic carbocycles. The number of primary sulfonamides is 1. The first-order chi connectivity index (χ1) is 13.5. The van der Waals surface area contributed by atoms with Crippen molar-refractivity contribution in [2.75, 3.05) is 32.7 Å². The summed E-state index contributed by atoms with van der Waals surface area (Å²) >= 11 is 0. The van der Waals surface area contributed by atoms with E-state index >= 15 is 0 Å². The van der Waals surface area contributed by atoms with Crippen molar-refractivity contribution in [1.82, 2.24) is 15.1 Å². The van der Waals surface area contributed by atoms with Gasteiger partial charge < -0.3 is 19.9 Å². The number of aliphatic imine (C=N–C) groups is 1. The summed E-state index contributed by atoms with van der Waals surface area (Å²) in [4.78, 5) is 20.9. The monoisotopic (exact) mass is 551 g/mol. The fraction of sp³-hybridized carbons (Fsp3) is 0.579. The molecule has 3 rings (SSSR count). The van der Waals surface area contributed by atoms with Crippen LogP contribution in [0.15, 0.2) is 34.2 Å². The average molecular weight is 551 g/mol. The number of ether oxygens (including phenoxy) is 1. The number of hydrogen-bond acceptors (Lipinski definition) is 7. The number of benzene rings is 1. The predicted molar refractivity (Wildman–Crippen MR) is 126 cm³/mol. The molecule has 1 fully saturated rings. The standard InChI is InChI=1S/C19H29N5O4S.HI/c1-19(2,3)28-18(25)23-10-11-24-15(13-23)12-22-17(24)21-9-8-14-4-6-16(7-5-14)29(20,26)27;/h4-7,15H,8-13H2,1-3H3,(H,21,22)(H2,20,26,27);1H. The summed E-state index contributed by atoms with van der Waals surface area (Å²) in [5.41, 5.74) is 0.509. The molecule has 9 nitrogen and oxygen atoms in total.